The molecule has 1 heterocycles. The third kappa shape index (κ3) is 4.16. The van der Waals surface area contributed by atoms with Crippen LogP contribution in [0.1, 0.15) is 25.8 Å². The van der Waals surface area contributed by atoms with E-state index in [0.29, 0.717) is 23.5 Å². The summed E-state index contributed by atoms with van der Waals surface area (Å²) >= 11 is 5.79. The van der Waals surface area contributed by atoms with E-state index in [2.05, 4.69) is 24.1 Å². The van der Waals surface area contributed by atoms with Crippen molar-refractivity contribution >= 4 is 11.6 Å². The van der Waals surface area contributed by atoms with Crippen molar-refractivity contribution in [3.63, 3.8) is 0 Å². The van der Waals surface area contributed by atoms with Gasteiger partial charge in [0, 0.05) is 42.8 Å². The molecule has 1 N–H and O–H groups in total. The molecule has 1 aliphatic rings. The highest BCUT2D eigenvalue weighted by atomic mass is 35.5. The molecule has 0 saturated carbocycles. The van der Waals surface area contributed by atoms with Crippen molar-refractivity contribution in [2.45, 2.75) is 32.9 Å². The summed E-state index contributed by atoms with van der Waals surface area (Å²) in [7, 11) is 0. The number of halogens is 2. The summed E-state index contributed by atoms with van der Waals surface area (Å²) in [5.41, 5.74) is 0.736. The van der Waals surface area contributed by atoms with Gasteiger partial charge < -0.3 is 5.32 Å². The molecule has 0 bridgehead atoms. The van der Waals surface area contributed by atoms with Crippen LogP contribution >= 0.6 is 11.6 Å². The summed E-state index contributed by atoms with van der Waals surface area (Å²) in [6, 6.07) is 5.45. The Morgan fingerprint density at radius 3 is 2.95 bits per heavy atom. The summed E-state index contributed by atoms with van der Waals surface area (Å²) in [5.74, 6) is 0.455. The molecule has 0 radical (unpaired) electrons. The molecule has 0 spiro atoms. The maximum atomic E-state index is 13.9. The first-order valence-electron chi connectivity index (χ1n) is 6.95. The predicted octanol–water partition coefficient (Wildman–Crippen LogP) is 3.30. The van der Waals surface area contributed by atoms with Crippen LogP contribution in [-0.2, 0) is 6.54 Å². The molecule has 2 nitrogen and oxygen atoms in total. The molecule has 2 rings (SSSR count). The van der Waals surface area contributed by atoms with E-state index in [9.17, 15) is 4.39 Å². The highest BCUT2D eigenvalue weighted by molar-refractivity contribution is 6.30. The topological polar surface area (TPSA) is 15.3 Å². The fraction of sp³-hybridized carbons (Fsp3) is 0.600. The van der Waals surface area contributed by atoms with Crippen molar-refractivity contribution in [3.05, 3.63) is 34.6 Å². The lowest BCUT2D eigenvalue weighted by Gasteiger charge is -2.37. The Morgan fingerprint density at radius 2 is 2.26 bits per heavy atom. The first-order valence-corrected chi connectivity index (χ1v) is 7.32. The van der Waals surface area contributed by atoms with Gasteiger partial charge in [0.15, 0.2) is 0 Å². The quantitative estimate of drug-likeness (QED) is 0.913. The Morgan fingerprint density at radius 1 is 1.47 bits per heavy atom. The predicted molar refractivity (Wildman–Crippen MR) is 77.9 cm³/mol. The molecule has 0 aromatic heterocycles. The Hall–Kier alpha value is -0.640. The van der Waals surface area contributed by atoms with E-state index in [-0.39, 0.29) is 5.82 Å². The van der Waals surface area contributed by atoms with Gasteiger partial charge in [0.25, 0.3) is 0 Å². The highest BCUT2D eigenvalue weighted by Crippen LogP contribution is 2.20. The number of benzene rings is 1. The minimum atomic E-state index is -0.200. The lowest BCUT2D eigenvalue weighted by molar-refractivity contribution is 0.133. The molecule has 106 valence electrons. The van der Waals surface area contributed by atoms with E-state index in [1.165, 1.54) is 6.07 Å². The fourth-order valence-corrected chi connectivity index (χ4v) is 2.82. The van der Waals surface area contributed by atoms with Crippen LogP contribution in [0.25, 0.3) is 0 Å². The van der Waals surface area contributed by atoms with Gasteiger partial charge in [-0.1, -0.05) is 31.5 Å². The van der Waals surface area contributed by atoms with Gasteiger partial charge in [-0.05, 0) is 24.5 Å². The monoisotopic (exact) mass is 284 g/mol. The van der Waals surface area contributed by atoms with Crippen LogP contribution in [0.3, 0.4) is 0 Å². The first-order chi connectivity index (χ1) is 9.06. The van der Waals surface area contributed by atoms with E-state index in [4.69, 9.17) is 11.6 Å². The molecular weight excluding hydrogens is 263 g/mol. The largest absolute Gasteiger partial charge is 0.314 e. The highest BCUT2D eigenvalue weighted by Gasteiger charge is 2.23. The van der Waals surface area contributed by atoms with Crippen molar-refractivity contribution in [2.24, 2.45) is 5.92 Å². The molecule has 1 aromatic rings. The van der Waals surface area contributed by atoms with Crippen LogP contribution in [0.15, 0.2) is 18.2 Å². The number of hydrogen-bond donors (Lipinski definition) is 1. The van der Waals surface area contributed by atoms with Gasteiger partial charge in [-0.3, -0.25) is 4.90 Å². The van der Waals surface area contributed by atoms with Gasteiger partial charge in [0.1, 0.15) is 5.82 Å². The first kappa shape index (κ1) is 14.8. The van der Waals surface area contributed by atoms with E-state index in [1.807, 2.05) is 0 Å². The lowest BCUT2D eigenvalue weighted by atomic mass is 10.00. The maximum absolute atomic E-state index is 13.9. The molecular formula is C15H22ClFN2. The van der Waals surface area contributed by atoms with Gasteiger partial charge in [0.2, 0.25) is 0 Å². The van der Waals surface area contributed by atoms with Crippen LogP contribution in [0.4, 0.5) is 4.39 Å². The summed E-state index contributed by atoms with van der Waals surface area (Å²) in [6.07, 6.45) is 1.14. The van der Waals surface area contributed by atoms with Crippen molar-refractivity contribution in [3.8, 4) is 0 Å². The van der Waals surface area contributed by atoms with Crippen LogP contribution in [0.5, 0.6) is 0 Å². The third-order valence-electron chi connectivity index (χ3n) is 3.60. The minimum Gasteiger partial charge on any atom is -0.314 e. The molecule has 1 aliphatic heterocycles. The van der Waals surface area contributed by atoms with Gasteiger partial charge in [-0.25, -0.2) is 4.39 Å². The number of hydrogen-bond acceptors (Lipinski definition) is 2. The molecule has 1 aromatic carbocycles. The molecule has 0 amide bonds. The van der Waals surface area contributed by atoms with Crippen molar-refractivity contribution < 1.29 is 4.39 Å². The summed E-state index contributed by atoms with van der Waals surface area (Å²) < 4.78 is 13.9. The molecule has 19 heavy (non-hydrogen) atoms. The van der Waals surface area contributed by atoms with Crippen molar-refractivity contribution in [2.75, 3.05) is 19.6 Å². The number of nitrogens with one attached hydrogen (secondary N) is 1. The second-order valence-electron chi connectivity index (χ2n) is 5.69. The Bertz CT molecular complexity index is 423. The van der Waals surface area contributed by atoms with Crippen LogP contribution in [0.2, 0.25) is 5.02 Å². The van der Waals surface area contributed by atoms with Gasteiger partial charge in [0.05, 0.1) is 0 Å². The molecule has 0 aliphatic carbocycles. The molecule has 1 saturated heterocycles. The summed E-state index contributed by atoms with van der Waals surface area (Å²) in [4.78, 5) is 2.38. The smallest absolute Gasteiger partial charge is 0.129 e. The Labute approximate surface area is 119 Å². The number of piperazine rings is 1. The zero-order valence-corrected chi connectivity index (χ0v) is 12.4. The minimum absolute atomic E-state index is 0.200. The average molecular weight is 285 g/mol. The molecule has 1 unspecified atom stereocenters. The van der Waals surface area contributed by atoms with Crippen LogP contribution in [-0.4, -0.2) is 30.6 Å². The number of rotatable bonds is 4. The second-order valence-corrected chi connectivity index (χ2v) is 6.13. The van der Waals surface area contributed by atoms with E-state index in [1.54, 1.807) is 12.1 Å². The fourth-order valence-electron chi connectivity index (χ4n) is 2.66. The maximum Gasteiger partial charge on any atom is 0.129 e. The van der Waals surface area contributed by atoms with Crippen molar-refractivity contribution in [1.82, 2.24) is 10.2 Å². The number of nitrogens with zero attached hydrogens (tertiary/aromatic N) is 1. The molecule has 1 fully saturated rings. The van der Waals surface area contributed by atoms with Crippen LogP contribution < -0.4 is 5.32 Å². The van der Waals surface area contributed by atoms with E-state index >= 15 is 0 Å². The second kappa shape index (κ2) is 6.69. The average Bonchev–Trinajstić information content (AvgIpc) is 2.34. The lowest BCUT2D eigenvalue weighted by Crippen LogP contribution is -2.51. The van der Waals surface area contributed by atoms with Crippen LogP contribution in [0, 0.1) is 11.7 Å². The summed E-state index contributed by atoms with van der Waals surface area (Å²) in [5, 5.41) is 3.88. The Balaban J connectivity index is 2.06. The zero-order valence-electron chi connectivity index (χ0n) is 11.6. The van der Waals surface area contributed by atoms with E-state index in [0.717, 1.165) is 31.6 Å². The van der Waals surface area contributed by atoms with Gasteiger partial charge in [-0.15, -0.1) is 0 Å². The Kier molecular flexibility index (Phi) is 5.20. The third-order valence-corrected chi connectivity index (χ3v) is 3.84. The zero-order chi connectivity index (χ0) is 13.8. The molecule has 4 heteroatoms. The van der Waals surface area contributed by atoms with Gasteiger partial charge in [-0.2, -0.15) is 0 Å². The van der Waals surface area contributed by atoms with Crippen molar-refractivity contribution in [1.29, 1.82) is 0 Å². The molecule has 1 atom stereocenters. The normalized spacial score (nSPS) is 21.0. The van der Waals surface area contributed by atoms with E-state index < -0.39 is 0 Å². The summed E-state index contributed by atoms with van der Waals surface area (Å²) in [6.45, 7) is 8.07. The standard InChI is InChI=1S/C15H22ClFN2/c1-11(2)7-14-9-18-5-6-19(14)10-12-3-4-13(16)8-15(12)17/h3-4,8,11,14,18H,5-7,9-10H2,1-2H3. The van der Waals surface area contributed by atoms with Gasteiger partial charge >= 0.3 is 0 Å². The SMILES string of the molecule is CC(C)CC1CNCCN1Cc1ccc(Cl)cc1F.